The van der Waals surface area contributed by atoms with E-state index >= 15 is 0 Å². The zero-order chi connectivity index (χ0) is 21.0. The average molecular weight is 411 g/mol. The molecule has 154 valence electrons. The minimum Gasteiger partial charge on any atom is -0.394 e. The number of allylic oxidation sites excluding steroid dienone is 1. The van der Waals surface area contributed by atoms with Crippen molar-refractivity contribution in [1.82, 2.24) is 0 Å². The normalized spacial score (nSPS) is 21.7. The van der Waals surface area contributed by atoms with E-state index in [2.05, 4.69) is 69.5 Å². The summed E-state index contributed by atoms with van der Waals surface area (Å²) in [6, 6.07) is 14.7. The molecule has 1 aliphatic rings. The first-order chi connectivity index (χ1) is 13.9. The van der Waals surface area contributed by atoms with Gasteiger partial charge in [0.2, 0.25) is 0 Å². The predicted molar refractivity (Wildman–Crippen MR) is 122 cm³/mol. The van der Waals surface area contributed by atoms with Crippen molar-refractivity contribution < 1.29 is 14.9 Å². The highest BCUT2D eigenvalue weighted by atomic mass is 32.2. The second-order valence-electron chi connectivity index (χ2n) is 7.78. The Balaban J connectivity index is 1.67. The van der Waals surface area contributed by atoms with Crippen LogP contribution in [0, 0.1) is 13.8 Å². The van der Waals surface area contributed by atoms with Gasteiger partial charge in [0.15, 0.2) is 0 Å². The van der Waals surface area contributed by atoms with Crippen LogP contribution in [0.5, 0.6) is 0 Å². The topological polar surface area (TPSA) is 49.7 Å². The Kier molecular flexibility index (Phi) is 7.36. The molecule has 2 aromatic carbocycles. The lowest BCUT2D eigenvalue weighted by Crippen LogP contribution is -2.38. The molecule has 3 unspecified atom stereocenters. The first-order valence-corrected chi connectivity index (χ1v) is 10.8. The molecule has 0 amide bonds. The molecule has 1 heterocycles. The molecule has 0 saturated carbocycles. The molecule has 2 aromatic rings. The highest BCUT2D eigenvalue weighted by molar-refractivity contribution is 8.11. The highest BCUT2D eigenvalue weighted by Crippen LogP contribution is 2.36. The van der Waals surface area contributed by atoms with Gasteiger partial charge >= 0.3 is 0 Å². The van der Waals surface area contributed by atoms with Crippen molar-refractivity contribution in [1.29, 1.82) is 0 Å². The van der Waals surface area contributed by atoms with Gasteiger partial charge in [-0.05, 0) is 53.8 Å². The molecular weight excluding hydrogens is 380 g/mol. The first kappa shape index (κ1) is 21.8. The van der Waals surface area contributed by atoms with Gasteiger partial charge in [0, 0.05) is 11.3 Å². The molecule has 0 bridgehead atoms. The highest BCUT2D eigenvalue weighted by Gasteiger charge is 2.30. The third-order valence-electron chi connectivity index (χ3n) is 5.45. The molecule has 3 atom stereocenters. The van der Waals surface area contributed by atoms with Crippen LogP contribution < -0.4 is 0 Å². The van der Waals surface area contributed by atoms with Crippen molar-refractivity contribution in [2.45, 2.75) is 51.4 Å². The largest absolute Gasteiger partial charge is 0.394 e. The van der Waals surface area contributed by atoms with Crippen LogP contribution in [0.1, 0.15) is 46.8 Å². The fraction of sp³-hybridized carbons (Fsp3) is 0.360. The number of ether oxygens (including phenoxy) is 1. The van der Waals surface area contributed by atoms with E-state index < -0.39 is 12.2 Å². The summed E-state index contributed by atoms with van der Waals surface area (Å²) in [4.78, 5) is 2.04. The van der Waals surface area contributed by atoms with Crippen LogP contribution in [0.2, 0.25) is 0 Å². The maximum atomic E-state index is 9.94. The van der Waals surface area contributed by atoms with Crippen molar-refractivity contribution in [3.63, 3.8) is 0 Å². The molecule has 0 aromatic heterocycles. The number of hydrogen-bond acceptors (Lipinski definition) is 4. The molecule has 3 rings (SSSR count). The van der Waals surface area contributed by atoms with E-state index in [9.17, 15) is 10.2 Å². The quantitative estimate of drug-likeness (QED) is 0.647. The summed E-state index contributed by atoms with van der Waals surface area (Å²) < 4.78 is 5.92. The Labute approximate surface area is 178 Å². The third kappa shape index (κ3) is 5.61. The molecule has 0 aliphatic carbocycles. The third-order valence-corrected chi connectivity index (χ3v) is 6.36. The summed E-state index contributed by atoms with van der Waals surface area (Å²) in [5.74, 6) is 0. The average Bonchev–Trinajstić information content (AvgIpc) is 2.70. The van der Waals surface area contributed by atoms with Crippen molar-refractivity contribution in [3.8, 4) is 0 Å². The lowest BCUT2D eigenvalue weighted by atomic mass is 9.93. The maximum absolute atomic E-state index is 9.94. The minimum absolute atomic E-state index is 0.0988. The van der Waals surface area contributed by atoms with Gasteiger partial charge in [-0.15, -0.1) is 0 Å². The fourth-order valence-corrected chi connectivity index (χ4v) is 4.42. The van der Waals surface area contributed by atoms with Crippen molar-refractivity contribution in [2.75, 3.05) is 6.61 Å². The Hall–Kier alpha value is -1.85. The molecule has 2 N–H and O–H groups in total. The van der Waals surface area contributed by atoms with Crippen LogP contribution in [0.15, 0.2) is 60.5 Å². The van der Waals surface area contributed by atoms with Gasteiger partial charge < -0.3 is 14.9 Å². The predicted octanol–water partition coefficient (Wildman–Crippen LogP) is 5.34. The van der Waals surface area contributed by atoms with Gasteiger partial charge in [-0.3, -0.25) is 0 Å². The number of aliphatic hydroxyl groups is 2. The van der Waals surface area contributed by atoms with Crippen LogP contribution in [0.4, 0.5) is 0 Å². The molecule has 1 fully saturated rings. The lowest BCUT2D eigenvalue weighted by molar-refractivity contribution is -0.135. The number of hydrogen-bond donors (Lipinski definition) is 2. The summed E-state index contributed by atoms with van der Waals surface area (Å²) >= 11 is 1.62. The molecule has 3 nitrogen and oxygen atoms in total. The van der Waals surface area contributed by atoms with Crippen LogP contribution in [0.25, 0.3) is 4.91 Å². The summed E-state index contributed by atoms with van der Waals surface area (Å²) in [7, 11) is 0. The monoisotopic (exact) mass is 410 g/mol. The van der Waals surface area contributed by atoms with E-state index in [-0.39, 0.29) is 12.7 Å². The Bertz CT molecular complexity index is 872. The van der Waals surface area contributed by atoms with Crippen LogP contribution >= 0.6 is 11.8 Å². The van der Waals surface area contributed by atoms with E-state index in [4.69, 9.17) is 4.74 Å². The molecule has 1 aliphatic heterocycles. The molecular formula is C25H30O3S. The summed E-state index contributed by atoms with van der Waals surface area (Å²) in [6.07, 6.45) is 0.942. The van der Waals surface area contributed by atoms with Crippen molar-refractivity contribution >= 4 is 16.7 Å². The summed E-state index contributed by atoms with van der Waals surface area (Å²) in [5.41, 5.74) is 5.87. The first-order valence-electron chi connectivity index (χ1n) is 10.0. The standard InChI is InChI=1S/C25H30O3S/c1-16-5-8-20(9-6-16)19(4)29-18(3)13-22-14-21(10-7-17(22)2)24-12-11-23(27)25(15-26)28-24/h5-10,14,23-27H,3-4,11-13,15H2,1-2H3. The Morgan fingerprint density at radius 2 is 1.83 bits per heavy atom. The SMILES string of the molecule is C=C(Cc1cc(C2CCC(O)C(CO)O2)ccc1C)SC(=C)c1ccc(C)cc1. The van der Waals surface area contributed by atoms with Gasteiger partial charge in [0.25, 0.3) is 0 Å². The zero-order valence-corrected chi connectivity index (χ0v) is 18.0. The lowest BCUT2D eigenvalue weighted by Gasteiger charge is -2.33. The summed E-state index contributed by atoms with van der Waals surface area (Å²) in [5, 5.41) is 19.4. The van der Waals surface area contributed by atoms with Gasteiger partial charge in [-0.2, -0.15) is 0 Å². The van der Waals surface area contributed by atoms with Gasteiger partial charge in [-0.1, -0.05) is 72.9 Å². The molecule has 1 saturated heterocycles. The summed E-state index contributed by atoms with van der Waals surface area (Å²) in [6.45, 7) is 12.5. The molecule has 4 heteroatoms. The van der Waals surface area contributed by atoms with Crippen molar-refractivity contribution in [2.24, 2.45) is 0 Å². The van der Waals surface area contributed by atoms with E-state index in [1.807, 2.05) is 0 Å². The van der Waals surface area contributed by atoms with E-state index in [0.717, 1.165) is 33.8 Å². The molecule has 0 spiro atoms. The maximum Gasteiger partial charge on any atom is 0.107 e. The van der Waals surface area contributed by atoms with Crippen LogP contribution in [-0.4, -0.2) is 29.0 Å². The Morgan fingerprint density at radius 3 is 2.52 bits per heavy atom. The molecule has 0 radical (unpaired) electrons. The van der Waals surface area contributed by atoms with Gasteiger partial charge in [0.05, 0.1) is 18.8 Å². The van der Waals surface area contributed by atoms with Gasteiger partial charge in [-0.25, -0.2) is 0 Å². The second-order valence-corrected chi connectivity index (χ2v) is 9.06. The number of aryl methyl sites for hydroxylation is 2. The smallest absolute Gasteiger partial charge is 0.107 e. The second kappa shape index (κ2) is 9.77. The fourth-order valence-electron chi connectivity index (χ4n) is 3.59. The van der Waals surface area contributed by atoms with E-state index in [1.54, 1.807) is 11.8 Å². The Morgan fingerprint density at radius 1 is 1.10 bits per heavy atom. The van der Waals surface area contributed by atoms with Crippen LogP contribution in [0.3, 0.4) is 0 Å². The minimum atomic E-state index is -0.592. The van der Waals surface area contributed by atoms with Crippen LogP contribution in [-0.2, 0) is 11.2 Å². The van der Waals surface area contributed by atoms with Gasteiger partial charge in [0.1, 0.15) is 6.10 Å². The van der Waals surface area contributed by atoms with E-state index in [1.165, 1.54) is 16.7 Å². The number of rotatable bonds is 7. The number of aliphatic hydroxyl groups excluding tert-OH is 2. The van der Waals surface area contributed by atoms with Crippen molar-refractivity contribution in [3.05, 3.63) is 88.3 Å². The number of thioether (sulfide) groups is 1. The number of benzene rings is 2. The zero-order valence-electron chi connectivity index (χ0n) is 17.2. The molecule has 29 heavy (non-hydrogen) atoms. The van der Waals surface area contributed by atoms with E-state index in [0.29, 0.717) is 6.42 Å².